The minimum absolute atomic E-state index is 0.121. The maximum Gasteiger partial charge on any atom is 0.422 e. The van der Waals surface area contributed by atoms with Crippen molar-refractivity contribution in [3.63, 3.8) is 0 Å². The van der Waals surface area contributed by atoms with Crippen LogP contribution in [0, 0.1) is 0 Å². The number of carbonyl (C=O) groups is 1. The van der Waals surface area contributed by atoms with E-state index in [1.165, 1.54) is 29.3 Å². The van der Waals surface area contributed by atoms with Gasteiger partial charge < -0.3 is 10.1 Å². The van der Waals surface area contributed by atoms with Crippen molar-refractivity contribution < 1.29 is 22.7 Å². The van der Waals surface area contributed by atoms with E-state index in [1.807, 2.05) is 0 Å². The highest BCUT2D eigenvalue weighted by Crippen LogP contribution is 2.21. The average Bonchev–Trinajstić information content (AvgIpc) is 3.14. The minimum Gasteiger partial charge on any atom is -0.467 e. The SMILES string of the molecule is O=C(Nc1cccc(-n2cnnn2)c1)c1cccnc1OCC(F)(F)F. The van der Waals surface area contributed by atoms with E-state index in [4.69, 9.17) is 0 Å². The quantitative estimate of drug-likeness (QED) is 0.746. The van der Waals surface area contributed by atoms with Crippen LogP contribution in [-0.4, -0.2) is 43.9 Å². The first-order valence-electron chi connectivity index (χ1n) is 7.22. The van der Waals surface area contributed by atoms with Gasteiger partial charge in [0.2, 0.25) is 5.88 Å². The second kappa shape index (κ2) is 7.17. The first-order chi connectivity index (χ1) is 12.4. The summed E-state index contributed by atoms with van der Waals surface area (Å²) in [4.78, 5) is 16.1. The molecule has 134 valence electrons. The van der Waals surface area contributed by atoms with Crippen LogP contribution >= 0.6 is 0 Å². The van der Waals surface area contributed by atoms with Gasteiger partial charge in [-0.25, -0.2) is 9.67 Å². The number of pyridine rings is 1. The summed E-state index contributed by atoms with van der Waals surface area (Å²) in [6.45, 7) is -1.54. The largest absolute Gasteiger partial charge is 0.467 e. The molecule has 0 saturated carbocycles. The lowest BCUT2D eigenvalue weighted by molar-refractivity contribution is -0.154. The van der Waals surface area contributed by atoms with Crippen LogP contribution < -0.4 is 10.1 Å². The summed E-state index contributed by atoms with van der Waals surface area (Å²) < 4.78 is 43.0. The number of amides is 1. The van der Waals surface area contributed by atoms with E-state index in [2.05, 4.69) is 30.6 Å². The standard InChI is InChI=1S/C15H11F3N6O2/c16-15(17,18)8-26-14-12(5-2-6-19-14)13(25)21-10-3-1-4-11(7-10)24-9-20-22-23-24/h1-7,9H,8H2,(H,21,25). The van der Waals surface area contributed by atoms with Gasteiger partial charge in [-0.05, 0) is 40.8 Å². The average molecular weight is 364 g/mol. The Kier molecular flexibility index (Phi) is 4.78. The zero-order valence-corrected chi connectivity index (χ0v) is 13.0. The molecule has 0 atom stereocenters. The fraction of sp³-hybridized carbons (Fsp3) is 0.133. The summed E-state index contributed by atoms with van der Waals surface area (Å²) in [5.74, 6) is -1.07. The molecule has 0 aliphatic rings. The van der Waals surface area contributed by atoms with Crippen LogP contribution in [0.5, 0.6) is 5.88 Å². The van der Waals surface area contributed by atoms with Crippen molar-refractivity contribution in [2.45, 2.75) is 6.18 Å². The maximum absolute atomic E-state index is 12.4. The molecule has 0 unspecified atom stereocenters. The molecule has 3 aromatic rings. The summed E-state index contributed by atoms with van der Waals surface area (Å²) in [5.41, 5.74) is 0.866. The lowest BCUT2D eigenvalue weighted by Crippen LogP contribution is -2.22. The lowest BCUT2D eigenvalue weighted by Gasteiger charge is -2.12. The fourth-order valence-electron chi connectivity index (χ4n) is 2.03. The number of ether oxygens (including phenoxy) is 1. The van der Waals surface area contributed by atoms with Crippen LogP contribution in [0.4, 0.5) is 18.9 Å². The maximum atomic E-state index is 12.4. The molecule has 2 heterocycles. The zero-order valence-electron chi connectivity index (χ0n) is 13.0. The van der Waals surface area contributed by atoms with E-state index in [1.54, 1.807) is 24.3 Å². The van der Waals surface area contributed by atoms with Crippen LogP contribution in [0.3, 0.4) is 0 Å². The van der Waals surface area contributed by atoms with E-state index < -0.39 is 24.6 Å². The van der Waals surface area contributed by atoms with Gasteiger partial charge in [0.25, 0.3) is 5.91 Å². The summed E-state index contributed by atoms with van der Waals surface area (Å²) in [5, 5.41) is 13.3. The number of halogens is 3. The Balaban J connectivity index is 1.78. The molecule has 11 heteroatoms. The van der Waals surface area contributed by atoms with Crippen LogP contribution in [0.2, 0.25) is 0 Å². The molecule has 8 nitrogen and oxygen atoms in total. The second-order valence-corrected chi connectivity index (χ2v) is 5.02. The Labute approximate surface area is 144 Å². The van der Waals surface area contributed by atoms with Gasteiger partial charge >= 0.3 is 6.18 Å². The Bertz CT molecular complexity index is 898. The van der Waals surface area contributed by atoms with E-state index in [9.17, 15) is 18.0 Å². The van der Waals surface area contributed by atoms with Crippen molar-refractivity contribution in [1.82, 2.24) is 25.2 Å². The molecular weight excluding hydrogens is 353 g/mol. The number of aromatic nitrogens is 5. The lowest BCUT2D eigenvalue weighted by atomic mass is 10.2. The van der Waals surface area contributed by atoms with Gasteiger partial charge in [-0.3, -0.25) is 4.79 Å². The molecule has 1 amide bonds. The Morgan fingerprint density at radius 1 is 1.23 bits per heavy atom. The molecule has 0 spiro atoms. The molecular formula is C15H11F3N6O2. The zero-order chi connectivity index (χ0) is 18.6. The third kappa shape index (κ3) is 4.32. The molecule has 0 bridgehead atoms. The van der Waals surface area contributed by atoms with Gasteiger partial charge in [0.05, 0.1) is 5.69 Å². The Morgan fingerprint density at radius 2 is 2.08 bits per heavy atom. The summed E-state index contributed by atoms with van der Waals surface area (Å²) >= 11 is 0. The van der Waals surface area contributed by atoms with Crippen molar-refractivity contribution in [3.8, 4) is 11.6 Å². The second-order valence-electron chi connectivity index (χ2n) is 5.02. The molecule has 1 aromatic carbocycles. The number of hydrogen-bond donors (Lipinski definition) is 1. The summed E-state index contributed by atoms with van der Waals surface area (Å²) in [7, 11) is 0. The van der Waals surface area contributed by atoms with Gasteiger partial charge in [-0.1, -0.05) is 6.07 Å². The van der Waals surface area contributed by atoms with Crippen LogP contribution in [0.15, 0.2) is 48.9 Å². The van der Waals surface area contributed by atoms with E-state index in [0.717, 1.165) is 0 Å². The first-order valence-corrected chi connectivity index (χ1v) is 7.22. The van der Waals surface area contributed by atoms with E-state index in [-0.39, 0.29) is 5.56 Å². The number of alkyl halides is 3. The van der Waals surface area contributed by atoms with Crippen LogP contribution in [0.25, 0.3) is 5.69 Å². The van der Waals surface area contributed by atoms with Crippen molar-refractivity contribution in [3.05, 3.63) is 54.5 Å². The highest BCUT2D eigenvalue weighted by molar-refractivity contribution is 6.05. The highest BCUT2D eigenvalue weighted by atomic mass is 19.4. The third-order valence-corrected chi connectivity index (χ3v) is 3.11. The van der Waals surface area contributed by atoms with Gasteiger partial charge in [0, 0.05) is 11.9 Å². The van der Waals surface area contributed by atoms with Crippen LogP contribution in [0.1, 0.15) is 10.4 Å². The monoisotopic (exact) mass is 364 g/mol. The first kappa shape index (κ1) is 17.3. The molecule has 0 aliphatic heterocycles. The van der Waals surface area contributed by atoms with Crippen molar-refractivity contribution in [2.24, 2.45) is 0 Å². The van der Waals surface area contributed by atoms with Gasteiger partial charge in [-0.15, -0.1) is 5.10 Å². The number of nitrogens with zero attached hydrogens (tertiary/aromatic N) is 5. The molecule has 2 aromatic heterocycles. The molecule has 0 radical (unpaired) electrons. The molecule has 0 aliphatic carbocycles. The van der Waals surface area contributed by atoms with E-state index >= 15 is 0 Å². The molecule has 26 heavy (non-hydrogen) atoms. The predicted molar refractivity (Wildman–Crippen MR) is 82.9 cm³/mol. The number of anilines is 1. The van der Waals surface area contributed by atoms with E-state index in [0.29, 0.717) is 11.4 Å². The fourth-order valence-corrected chi connectivity index (χ4v) is 2.03. The molecule has 1 N–H and O–H groups in total. The number of benzene rings is 1. The number of nitrogens with one attached hydrogen (secondary N) is 1. The summed E-state index contributed by atoms with van der Waals surface area (Å²) in [6, 6.07) is 9.33. The Hall–Kier alpha value is -3.50. The van der Waals surface area contributed by atoms with Crippen LogP contribution in [-0.2, 0) is 0 Å². The van der Waals surface area contributed by atoms with Crippen molar-refractivity contribution in [1.29, 1.82) is 0 Å². The smallest absolute Gasteiger partial charge is 0.422 e. The number of hydrogen-bond acceptors (Lipinski definition) is 6. The number of rotatable bonds is 5. The third-order valence-electron chi connectivity index (χ3n) is 3.11. The predicted octanol–water partition coefficient (Wildman–Crippen LogP) is 2.25. The van der Waals surface area contributed by atoms with Gasteiger partial charge in [-0.2, -0.15) is 13.2 Å². The highest BCUT2D eigenvalue weighted by Gasteiger charge is 2.29. The number of carbonyl (C=O) groups excluding carboxylic acids is 1. The molecule has 0 fully saturated rings. The Morgan fingerprint density at radius 3 is 2.81 bits per heavy atom. The van der Waals surface area contributed by atoms with Crippen molar-refractivity contribution in [2.75, 3.05) is 11.9 Å². The molecule has 0 saturated heterocycles. The van der Waals surface area contributed by atoms with Crippen molar-refractivity contribution >= 4 is 11.6 Å². The number of tetrazole rings is 1. The van der Waals surface area contributed by atoms with Gasteiger partial charge in [0.15, 0.2) is 6.61 Å². The molecule has 3 rings (SSSR count). The normalized spacial score (nSPS) is 11.2. The minimum atomic E-state index is -4.54. The van der Waals surface area contributed by atoms with Gasteiger partial charge in [0.1, 0.15) is 11.9 Å². The summed E-state index contributed by atoms with van der Waals surface area (Å²) in [6.07, 6.45) is -1.92. The topological polar surface area (TPSA) is 94.8 Å².